The number of aromatic amines is 1. The van der Waals surface area contributed by atoms with Gasteiger partial charge in [-0.05, 0) is 36.6 Å². The topological polar surface area (TPSA) is 41.0 Å². The molecule has 5 heteroatoms. The van der Waals surface area contributed by atoms with E-state index in [0.717, 1.165) is 26.1 Å². The van der Waals surface area contributed by atoms with Gasteiger partial charge in [0, 0.05) is 32.0 Å². The standard InChI is InChI=1S/C15H18FN3O/c16-14-3-1-12(2-4-14)13-5-7-18(11-13)9-10-19-8-6-17-15(19)20/h1-4,6,8,13H,5,7,9-11H2,(H,17,20). The fraction of sp³-hybridized carbons (Fsp3) is 0.400. The number of nitrogens with zero attached hydrogens (tertiary/aromatic N) is 2. The molecule has 1 unspecified atom stereocenters. The largest absolute Gasteiger partial charge is 0.325 e. The molecule has 1 aliphatic rings. The number of nitrogens with one attached hydrogen (secondary N) is 1. The van der Waals surface area contributed by atoms with Gasteiger partial charge < -0.3 is 9.88 Å². The fourth-order valence-electron chi connectivity index (χ4n) is 2.82. The second kappa shape index (κ2) is 5.63. The summed E-state index contributed by atoms with van der Waals surface area (Å²) in [5.74, 6) is 0.286. The Labute approximate surface area is 116 Å². The quantitative estimate of drug-likeness (QED) is 0.924. The van der Waals surface area contributed by atoms with Crippen molar-refractivity contribution in [2.45, 2.75) is 18.9 Å². The number of benzene rings is 1. The van der Waals surface area contributed by atoms with Gasteiger partial charge in [-0.3, -0.25) is 4.57 Å². The molecular weight excluding hydrogens is 257 g/mol. The summed E-state index contributed by atoms with van der Waals surface area (Å²) in [5, 5.41) is 0. The number of imidazole rings is 1. The van der Waals surface area contributed by atoms with E-state index >= 15 is 0 Å². The minimum Gasteiger partial charge on any atom is -0.313 e. The molecule has 106 valence electrons. The van der Waals surface area contributed by atoms with Gasteiger partial charge in [-0.15, -0.1) is 0 Å². The highest BCUT2D eigenvalue weighted by Crippen LogP contribution is 2.26. The van der Waals surface area contributed by atoms with E-state index in [9.17, 15) is 9.18 Å². The van der Waals surface area contributed by atoms with E-state index in [1.807, 2.05) is 12.1 Å². The zero-order chi connectivity index (χ0) is 13.9. The molecule has 2 aromatic rings. The smallest absolute Gasteiger partial charge is 0.313 e. The van der Waals surface area contributed by atoms with E-state index < -0.39 is 0 Å². The first-order valence-electron chi connectivity index (χ1n) is 6.94. The number of H-pyrrole nitrogens is 1. The van der Waals surface area contributed by atoms with Crippen molar-refractivity contribution in [3.63, 3.8) is 0 Å². The van der Waals surface area contributed by atoms with Gasteiger partial charge in [0.15, 0.2) is 0 Å². The van der Waals surface area contributed by atoms with Crippen molar-refractivity contribution in [3.8, 4) is 0 Å². The predicted molar refractivity (Wildman–Crippen MR) is 75.3 cm³/mol. The molecule has 0 aliphatic carbocycles. The van der Waals surface area contributed by atoms with Crippen molar-refractivity contribution < 1.29 is 4.39 Å². The number of rotatable bonds is 4. The molecule has 1 aromatic heterocycles. The summed E-state index contributed by atoms with van der Waals surface area (Å²) in [6.07, 6.45) is 4.52. The lowest BCUT2D eigenvalue weighted by Crippen LogP contribution is -2.28. The van der Waals surface area contributed by atoms with Crippen LogP contribution >= 0.6 is 0 Å². The van der Waals surface area contributed by atoms with Gasteiger partial charge >= 0.3 is 5.69 Å². The van der Waals surface area contributed by atoms with Crippen LogP contribution in [0.15, 0.2) is 41.5 Å². The minimum atomic E-state index is -0.185. The summed E-state index contributed by atoms with van der Waals surface area (Å²) < 4.78 is 14.6. The lowest BCUT2D eigenvalue weighted by atomic mass is 9.99. The molecule has 0 amide bonds. The summed E-state index contributed by atoms with van der Waals surface area (Å²) in [6.45, 7) is 3.58. The van der Waals surface area contributed by atoms with Crippen molar-refractivity contribution in [1.29, 1.82) is 0 Å². The molecule has 0 saturated carbocycles. The van der Waals surface area contributed by atoms with Gasteiger partial charge in [0.1, 0.15) is 5.82 Å². The molecule has 3 rings (SSSR count). The van der Waals surface area contributed by atoms with Crippen LogP contribution in [-0.2, 0) is 6.54 Å². The van der Waals surface area contributed by atoms with E-state index in [4.69, 9.17) is 0 Å². The molecule has 1 aromatic carbocycles. The van der Waals surface area contributed by atoms with Crippen LogP contribution in [0.25, 0.3) is 0 Å². The molecule has 1 aliphatic heterocycles. The normalized spacial score (nSPS) is 19.6. The molecule has 0 radical (unpaired) electrons. The maximum atomic E-state index is 12.9. The first kappa shape index (κ1) is 13.1. The molecule has 20 heavy (non-hydrogen) atoms. The Morgan fingerprint density at radius 2 is 2.05 bits per heavy atom. The van der Waals surface area contributed by atoms with Crippen molar-refractivity contribution in [1.82, 2.24) is 14.5 Å². The van der Waals surface area contributed by atoms with Crippen LogP contribution < -0.4 is 5.69 Å². The van der Waals surface area contributed by atoms with Gasteiger partial charge in [-0.25, -0.2) is 9.18 Å². The molecule has 2 heterocycles. The molecule has 1 saturated heterocycles. The second-order valence-electron chi connectivity index (χ2n) is 5.30. The third-order valence-electron chi connectivity index (χ3n) is 3.99. The van der Waals surface area contributed by atoms with Gasteiger partial charge in [0.2, 0.25) is 0 Å². The van der Waals surface area contributed by atoms with Crippen molar-refractivity contribution >= 4 is 0 Å². The third kappa shape index (κ3) is 2.82. The first-order chi connectivity index (χ1) is 9.72. The average Bonchev–Trinajstić information content (AvgIpc) is 3.06. The number of hydrogen-bond donors (Lipinski definition) is 1. The van der Waals surface area contributed by atoms with Crippen LogP contribution in [0, 0.1) is 5.82 Å². The van der Waals surface area contributed by atoms with Crippen LogP contribution in [0.5, 0.6) is 0 Å². The van der Waals surface area contributed by atoms with E-state index in [2.05, 4.69) is 9.88 Å². The van der Waals surface area contributed by atoms with Gasteiger partial charge in [0.05, 0.1) is 0 Å². The highest BCUT2D eigenvalue weighted by atomic mass is 19.1. The monoisotopic (exact) mass is 275 g/mol. The highest BCUT2D eigenvalue weighted by molar-refractivity contribution is 5.21. The summed E-state index contributed by atoms with van der Waals surface area (Å²) >= 11 is 0. The first-order valence-corrected chi connectivity index (χ1v) is 6.94. The van der Waals surface area contributed by atoms with Crippen LogP contribution in [0.4, 0.5) is 4.39 Å². The summed E-state index contributed by atoms with van der Waals surface area (Å²) in [5.41, 5.74) is 1.15. The summed E-state index contributed by atoms with van der Waals surface area (Å²) in [6, 6.07) is 6.80. The third-order valence-corrected chi connectivity index (χ3v) is 3.99. The van der Waals surface area contributed by atoms with Gasteiger partial charge in [0.25, 0.3) is 0 Å². The van der Waals surface area contributed by atoms with Crippen LogP contribution in [0.2, 0.25) is 0 Å². The zero-order valence-corrected chi connectivity index (χ0v) is 11.3. The molecule has 1 atom stereocenters. The van der Waals surface area contributed by atoms with Crippen molar-refractivity contribution in [2.24, 2.45) is 0 Å². The Morgan fingerprint density at radius 1 is 1.25 bits per heavy atom. The molecule has 1 N–H and O–H groups in total. The predicted octanol–water partition coefficient (Wildman–Crippen LogP) is 1.80. The van der Waals surface area contributed by atoms with E-state index in [1.54, 1.807) is 17.0 Å². The summed E-state index contributed by atoms with van der Waals surface area (Å²) in [4.78, 5) is 16.4. The Kier molecular flexibility index (Phi) is 3.69. The summed E-state index contributed by atoms with van der Waals surface area (Å²) in [7, 11) is 0. The van der Waals surface area contributed by atoms with Gasteiger partial charge in [-0.1, -0.05) is 12.1 Å². The second-order valence-corrected chi connectivity index (χ2v) is 5.30. The Bertz CT molecular complexity index is 617. The molecule has 0 spiro atoms. The average molecular weight is 275 g/mol. The van der Waals surface area contributed by atoms with Crippen LogP contribution in [0.1, 0.15) is 17.9 Å². The van der Waals surface area contributed by atoms with Crippen molar-refractivity contribution in [3.05, 3.63) is 58.5 Å². The maximum absolute atomic E-state index is 12.9. The molecule has 4 nitrogen and oxygen atoms in total. The Hall–Kier alpha value is -1.88. The number of halogens is 1. The number of likely N-dealkylation sites (tertiary alicyclic amines) is 1. The highest BCUT2D eigenvalue weighted by Gasteiger charge is 2.23. The SMILES string of the molecule is O=c1[nH]ccn1CCN1CCC(c2ccc(F)cc2)C1. The van der Waals surface area contributed by atoms with E-state index in [1.165, 1.54) is 17.7 Å². The zero-order valence-electron chi connectivity index (χ0n) is 11.3. The Balaban J connectivity index is 1.56. The molecule has 0 bridgehead atoms. The fourth-order valence-corrected chi connectivity index (χ4v) is 2.82. The van der Waals surface area contributed by atoms with E-state index in [-0.39, 0.29) is 11.5 Å². The molecule has 1 fully saturated rings. The van der Waals surface area contributed by atoms with Crippen molar-refractivity contribution in [2.75, 3.05) is 19.6 Å². The van der Waals surface area contributed by atoms with E-state index in [0.29, 0.717) is 12.5 Å². The number of aromatic nitrogens is 2. The van der Waals surface area contributed by atoms with Crippen LogP contribution in [-0.4, -0.2) is 34.1 Å². The lowest BCUT2D eigenvalue weighted by Gasteiger charge is -2.16. The van der Waals surface area contributed by atoms with Crippen LogP contribution in [0.3, 0.4) is 0 Å². The lowest BCUT2D eigenvalue weighted by molar-refractivity contribution is 0.317. The minimum absolute atomic E-state index is 0.0562. The Morgan fingerprint density at radius 3 is 2.75 bits per heavy atom. The maximum Gasteiger partial charge on any atom is 0.325 e. The number of hydrogen-bond acceptors (Lipinski definition) is 2. The molecular formula is C15H18FN3O. The van der Waals surface area contributed by atoms with Gasteiger partial charge in [-0.2, -0.15) is 0 Å².